The van der Waals surface area contributed by atoms with Crippen molar-refractivity contribution in [3.8, 4) is 0 Å². The van der Waals surface area contributed by atoms with Gasteiger partial charge in [0.1, 0.15) is 0 Å². The number of benzene rings is 1. The van der Waals surface area contributed by atoms with E-state index in [-0.39, 0.29) is 11.0 Å². The average Bonchev–Trinajstić information content (AvgIpc) is 2.68. The van der Waals surface area contributed by atoms with E-state index in [1.54, 1.807) is 24.3 Å². The molecule has 0 saturated carbocycles. The fourth-order valence-electron chi connectivity index (χ4n) is 3.65. The van der Waals surface area contributed by atoms with E-state index in [0.29, 0.717) is 0 Å². The summed E-state index contributed by atoms with van der Waals surface area (Å²) in [5.41, 5.74) is 1.04. The van der Waals surface area contributed by atoms with Gasteiger partial charge < -0.3 is 0 Å². The second kappa shape index (κ2) is 15.9. The van der Waals surface area contributed by atoms with Crippen molar-refractivity contribution in [3.05, 3.63) is 29.8 Å². The minimum absolute atomic E-state index is 0.246. The van der Waals surface area contributed by atoms with Crippen molar-refractivity contribution in [2.45, 2.75) is 128 Å². The molecule has 0 aliphatic heterocycles. The van der Waals surface area contributed by atoms with Gasteiger partial charge in [-0.15, -0.1) is 0 Å². The van der Waals surface area contributed by atoms with E-state index in [9.17, 15) is 8.42 Å². The topological polar surface area (TPSA) is 43.4 Å². The normalized spacial score (nSPS) is 12.9. The lowest BCUT2D eigenvalue weighted by Crippen LogP contribution is -2.15. The molecular weight excluding hydrogens is 380 g/mol. The van der Waals surface area contributed by atoms with E-state index in [0.717, 1.165) is 24.8 Å². The molecule has 4 heteroatoms. The Morgan fingerprint density at radius 3 is 1.59 bits per heavy atom. The predicted molar refractivity (Wildman–Crippen MR) is 124 cm³/mol. The molecule has 0 aromatic heterocycles. The van der Waals surface area contributed by atoms with E-state index >= 15 is 0 Å². The number of unbranched alkanes of at least 4 members (excludes halogenated alkanes) is 13. The van der Waals surface area contributed by atoms with Crippen molar-refractivity contribution in [2.24, 2.45) is 0 Å². The fraction of sp³-hybridized carbons (Fsp3) is 0.760. The highest BCUT2D eigenvalue weighted by atomic mass is 32.2. The lowest BCUT2D eigenvalue weighted by Gasteiger charge is -2.13. The fourth-order valence-corrected chi connectivity index (χ4v) is 4.76. The van der Waals surface area contributed by atoms with Crippen LogP contribution in [0.4, 0.5) is 0 Å². The van der Waals surface area contributed by atoms with E-state index < -0.39 is 10.1 Å². The first-order valence-corrected chi connectivity index (χ1v) is 13.4. The second-order valence-corrected chi connectivity index (χ2v) is 10.1. The lowest BCUT2D eigenvalue weighted by molar-refractivity contribution is 0.213. The third-order valence-corrected chi connectivity index (χ3v) is 7.00. The van der Waals surface area contributed by atoms with Crippen LogP contribution in [0.25, 0.3) is 0 Å². The monoisotopic (exact) mass is 424 g/mol. The van der Waals surface area contributed by atoms with Gasteiger partial charge in [-0.05, 0) is 32.4 Å². The van der Waals surface area contributed by atoms with E-state index in [1.807, 2.05) is 13.8 Å². The quantitative estimate of drug-likeness (QED) is 0.177. The summed E-state index contributed by atoms with van der Waals surface area (Å²) in [4.78, 5) is 0.246. The highest BCUT2D eigenvalue weighted by molar-refractivity contribution is 7.86. The maximum Gasteiger partial charge on any atom is 0.297 e. The van der Waals surface area contributed by atoms with Crippen LogP contribution in [-0.4, -0.2) is 14.5 Å². The van der Waals surface area contributed by atoms with Gasteiger partial charge in [-0.25, -0.2) is 0 Å². The molecule has 0 N–H and O–H groups in total. The van der Waals surface area contributed by atoms with Crippen LogP contribution < -0.4 is 0 Å². The van der Waals surface area contributed by atoms with Gasteiger partial charge >= 0.3 is 0 Å². The molecule has 1 aromatic carbocycles. The van der Waals surface area contributed by atoms with Gasteiger partial charge in [0.2, 0.25) is 0 Å². The van der Waals surface area contributed by atoms with Crippen molar-refractivity contribution in [3.63, 3.8) is 0 Å². The van der Waals surface area contributed by atoms with Gasteiger partial charge in [0.25, 0.3) is 10.1 Å². The summed E-state index contributed by atoms with van der Waals surface area (Å²) in [6.45, 7) is 6.06. The summed E-state index contributed by atoms with van der Waals surface area (Å²) in [6.07, 6.45) is 19.1. The molecule has 0 spiro atoms. The summed E-state index contributed by atoms with van der Waals surface area (Å²) in [5.74, 6) is 0. The van der Waals surface area contributed by atoms with Gasteiger partial charge in [-0.2, -0.15) is 8.42 Å². The maximum absolute atomic E-state index is 12.3. The average molecular weight is 425 g/mol. The summed E-state index contributed by atoms with van der Waals surface area (Å²) >= 11 is 0. The van der Waals surface area contributed by atoms with Gasteiger partial charge in [0.05, 0.1) is 11.0 Å². The van der Waals surface area contributed by atoms with E-state index in [2.05, 4.69) is 6.92 Å². The number of hydrogen-bond donors (Lipinski definition) is 0. The molecular formula is C25H44O3S. The molecule has 0 aliphatic rings. The highest BCUT2D eigenvalue weighted by Crippen LogP contribution is 2.18. The Morgan fingerprint density at radius 2 is 1.14 bits per heavy atom. The molecule has 0 bridgehead atoms. The molecule has 1 aromatic rings. The predicted octanol–water partition coefficient (Wildman–Crippen LogP) is 7.96. The molecule has 0 unspecified atom stereocenters. The smallest absolute Gasteiger partial charge is 0.263 e. The number of hydrogen-bond acceptors (Lipinski definition) is 3. The van der Waals surface area contributed by atoms with Crippen molar-refractivity contribution >= 4 is 10.1 Å². The lowest BCUT2D eigenvalue weighted by atomic mass is 10.0. The third-order valence-electron chi connectivity index (χ3n) is 5.56. The van der Waals surface area contributed by atoms with Crippen LogP contribution in [0.2, 0.25) is 0 Å². The van der Waals surface area contributed by atoms with Crippen LogP contribution in [0.5, 0.6) is 0 Å². The zero-order chi connectivity index (χ0) is 21.4. The van der Waals surface area contributed by atoms with Gasteiger partial charge in [-0.3, -0.25) is 4.18 Å². The van der Waals surface area contributed by atoms with Crippen LogP contribution in [-0.2, 0) is 14.3 Å². The Morgan fingerprint density at radius 1 is 0.724 bits per heavy atom. The van der Waals surface area contributed by atoms with E-state index in [4.69, 9.17) is 4.18 Å². The molecule has 0 fully saturated rings. The summed E-state index contributed by atoms with van der Waals surface area (Å²) in [7, 11) is -3.65. The van der Waals surface area contributed by atoms with E-state index in [1.165, 1.54) is 77.0 Å². The van der Waals surface area contributed by atoms with Crippen molar-refractivity contribution < 1.29 is 12.6 Å². The van der Waals surface area contributed by atoms with Crippen molar-refractivity contribution in [2.75, 3.05) is 0 Å². The molecule has 0 saturated heterocycles. The molecule has 1 rings (SSSR count). The molecule has 0 heterocycles. The maximum atomic E-state index is 12.3. The molecule has 1 atom stereocenters. The zero-order valence-electron chi connectivity index (χ0n) is 19.1. The Labute approximate surface area is 180 Å². The van der Waals surface area contributed by atoms with Crippen molar-refractivity contribution in [1.82, 2.24) is 0 Å². The Balaban J connectivity index is 1.97. The molecule has 0 amide bonds. The zero-order valence-corrected chi connectivity index (χ0v) is 19.9. The number of aryl methyl sites for hydroxylation is 1. The largest absolute Gasteiger partial charge is 0.297 e. The Kier molecular flexibility index (Phi) is 14.3. The number of rotatable bonds is 18. The second-order valence-electron chi connectivity index (χ2n) is 8.56. The van der Waals surface area contributed by atoms with Crippen LogP contribution in [0.1, 0.15) is 116 Å². The Bertz CT molecular complexity index is 607. The molecule has 0 radical (unpaired) electrons. The van der Waals surface area contributed by atoms with Crippen molar-refractivity contribution in [1.29, 1.82) is 0 Å². The molecule has 29 heavy (non-hydrogen) atoms. The molecule has 0 aliphatic carbocycles. The van der Waals surface area contributed by atoms with Gasteiger partial charge in [-0.1, -0.05) is 115 Å². The standard InChI is InChI=1S/C25H44O3S/c1-4-5-6-7-8-9-10-11-12-13-14-15-16-17-18-24(3)28-29(26,27)25-21-19-23(2)20-22-25/h19-22,24H,4-18H2,1-3H3/t24-/m0/s1. The SMILES string of the molecule is CCCCCCCCCCCCCCCC[C@H](C)OS(=O)(=O)c1ccc(C)cc1. The summed E-state index contributed by atoms with van der Waals surface area (Å²) in [5, 5.41) is 0. The first-order chi connectivity index (χ1) is 14.0. The first-order valence-electron chi connectivity index (χ1n) is 12.0. The minimum Gasteiger partial charge on any atom is -0.263 e. The summed E-state index contributed by atoms with van der Waals surface area (Å²) in [6, 6.07) is 6.83. The van der Waals surface area contributed by atoms with Gasteiger partial charge in [0.15, 0.2) is 0 Å². The molecule has 168 valence electrons. The highest BCUT2D eigenvalue weighted by Gasteiger charge is 2.18. The van der Waals surface area contributed by atoms with Crippen LogP contribution in [0.3, 0.4) is 0 Å². The van der Waals surface area contributed by atoms with Crippen LogP contribution in [0, 0.1) is 6.92 Å². The molecule has 3 nitrogen and oxygen atoms in total. The summed E-state index contributed by atoms with van der Waals surface area (Å²) < 4.78 is 29.9. The van der Waals surface area contributed by atoms with Crippen LogP contribution >= 0.6 is 0 Å². The van der Waals surface area contributed by atoms with Crippen LogP contribution in [0.15, 0.2) is 29.2 Å². The third kappa shape index (κ3) is 13.1. The minimum atomic E-state index is -3.65. The van der Waals surface area contributed by atoms with Gasteiger partial charge in [0, 0.05) is 0 Å². The first kappa shape index (κ1) is 26.2. The Hall–Kier alpha value is -0.870.